The van der Waals surface area contributed by atoms with Gasteiger partial charge in [-0.15, -0.1) is 0 Å². The molecule has 0 bridgehead atoms. The van der Waals surface area contributed by atoms with E-state index in [-0.39, 0.29) is 21.7 Å². The van der Waals surface area contributed by atoms with E-state index >= 15 is 0 Å². The van der Waals surface area contributed by atoms with Gasteiger partial charge in [0.15, 0.2) is 0 Å². The van der Waals surface area contributed by atoms with Gasteiger partial charge < -0.3 is 14.7 Å². The van der Waals surface area contributed by atoms with Gasteiger partial charge in [0.25, 0.3) is 0 Å². The van der Waals surface area contributed by atoms with Crippen molar-refractivity contribution in [1.29, 1.82) is 0 Å². The van der Waals surface area contributed by atoms with Crippen molar-refractivity contribution in [3.8, 4) is 5.82 Å². The highest BCUT2D eigenvalue weighted by molar-refractivity contribution is 6.10. The van der Waals surface area contributed by atoms with Crippen molar-refractivity contribution >= 4 is 50.2 Å². The predicted octanol–water partition coefficient (Wildman–Crippen LogP) is 14.6. The van der Waals surface area contributed by atoms with Crippen molar-refractivity contribution in [1.82, 2.24) is 9.55 Å². The quantitative estimate of drug-likeness (QED) is 0.168. The molecule has 7 aromatic rings. The van der Waals surface area contributed by atoms with Gasteiger partial charge in [-0.2, -0.15) is 0 Å². The van der Waals surface area contributed by atoms with Crippen LogP contribution in [0.25, 0.3) is 27.6 Å². The first-order valence-electron chi connectivity index (χ1n) is 21.1. The molecule has 0 atom stereocenters. The maximum atomic E-state index is 5.01. The molecule has 8 rings (SSSR count). The lowest BCUT2D eigenvalue weighted by Gasteiger charge is -2.29. The number of rotatable bonds is 6. The summed E-state index contributed by atoms with van der Waals surface area (Å²) in [5, 5.41) is 2.45. The molecule has 0 spiro atoms. The monoisotopic (exact) mass is 779 g/mol. The van der Waals surface area contributed by atoms with Crippen LogP contribution in [0, 0.1) is 0 Å². The van der Waals surface area contributed by atoms with E-state index in [0.29, 0.717) is 0 Å². The summed E-state index contributed by atoms with van der Waals surface area (Å²) in [6.45, 7) is 28.2. The normalized spacial score (nSPS) is 13.9. The van der Waals surface area contributed by atoms with Crippen LogP contribution in [0.3, 0.4) is 0 Å². The van der Waals surface area contributed by atoms with Crippen molar-refractivity contribution in [2.75, 3.05) is 21.4 Å². The zero-order valence-electron chi connectivity index (χ0n) is 37.2. The molecule has 0 saturated carbocycles. The molecule has 0 saturated heterocycles. The van der Waals surface area contributed by atoms with Crippen molar-refractivity contribution < 1.29 is 0 Å². The molecule has 0 radical (unpaired) electrons. The molecule has 1 aliphatic heterocycles. The second kappa shape index (κ2) is 14.5. The molecule has 0 fully saturated rings. The number of fused-ring (bicyclic) bond motifs is 3. The van der Waals surface area contributed by atoms with E-state index in [1.54, 1.807) is 0 Å². The highest BCUT2D eigenvalue weighted by atomic mass is 15.3. The Bertz CT molecular complexity index is 2660. The number of anilines is 5. The van der Waals surface area contributed by atoms with Gasteiger partial charge in [-0.05, 0) is 123 Å². The van der Waals surface area contributed by atoms with Crippen LogP contribution in [0.1, 0.15) is 105 Å². The van der Waals surface area contributed by atoms with Crippen molar-refractivity contribution in [2.45, 2.75) is 105 Å². The fraction of sp³-hybridized carbons (Fsp3) is 0.315. The molecule has 0 aliphatic carbocycles. The summed E-state index contributed by atoms with van der Waals surface area (Å²) >= 11 is 0. The maximum absolute atomic E-state index is 5.01. The summed E-state index contributed by atoms with van der Waals surface area (Å²) in [7, 11) is 0. The molecule has 3 heterocycles. The number of hydrogen-bond donors (Lipinski definition) is 0. The second-order valence-corrected chi connectivity index (χ2v) is 20.5. The standard InChI is InChI=1S/C54H61N5/c1-51(2,3)37-21-24-48-47(32-37)46-23-22-44(35-49(46)59(48)50-33-38(25-26-55-50)52(4,5)6)58(41-17-14-13-15-18-41)43-20-16-19-42(34-43)56-27-28-57(36-56)45-30-39(53(7,8)9)29-40(31-45)54(10,11)12/h13-35H,36H2,1-12H3. The lowest BCUT2D eigenvalue weighted by molar-refractivity contribution is 0.568. The summed E-state index contributed by atoms with van der Waals surface area (Å²) in [6.07, 6.45) is 6.39. The van der Waals surface area contributed by atoms with Gasteiger partial charge >= 0.3 is 0 Å². The first-order chi connectivity index (χ1) is 27.8. The molecule has 302 valence electrons. The Balaban J connectivity index is 1.23. The Morgan fingerprint density at radius 3 is 1.68 bits per heavy atom. The maximum Gasteiger partial charge on any atom is 0.137 e. The first kappa shape index (κ1) is 40.0. The SMILES string of the molecule is CC(C)(C)c1cc(N2C=CN(c3cccc(N(c4ccccc4)c4ccc5c6cc(C(C)(C)C)ccc6n(-c6cc(C(C)(C)C)ccn6)c5c4)c3)C2)cc(C(C)(C)C)c1. The van der Waals surface area contributed by atoms with E-state index in [1.165, 1.54) is 38.7 Å². The first-order valence-corrected chi connectivity index (χ1v) is 21.1. The fourth-order valence-electron chi connectivity index (χ4n) is 8.10. The van der Waals surface area contributed by atoms with E-state index in [9.17, 15) is 0 Å². The third-order valence-electron chi connectivity index (χ3n) is 11.9. The molecule has 0 amide bonds. The number of aromatic nitrogens is 2. The lowest BCUT2D eigenvalue weighted by Crippen LogP contribution is -2.26. The predicted molar refractivity (Wildman–Crippen MR) is 253 cm³/mol. The smallest absolute Gasteiger partial charge is 0.137 e. The van der Waals surface area contributed by atoms with E-state index in [2.05, 4.69) is 236 Å². The van der Waals surface area contributed by atoms with Crippen LogP contribution in [0.15, 0.2) is 140 Å². The number of para-hydroxylation sites is 1. The zero-order valence-corrected chi connectivity index (χ0v) is 37.2. The molecule has 0 unspecified atom stereocenters. The minimum Gasteiger partial charge on any atom is -0.328 e. The highest BCUT2D eigenvalue weighted by Crippen LogP contribution is 2.42. The van der Waals surface area contributed by atoms with Crippen LogP contribution in [0.4, 0.5) is 28.4 Å². The molecule has 5 heteroatoms. The van der Waals surface area contributed by atoms with Gasteiger partial charge in [-0.3, -0.25) is 4.57 Å². The molecule has 0 N–H and O–H groups in total. The Labute approximate surface area is 352 Å². The van der Waals surface area contributed by atoms with Crippen molar-refractivity contribution in [2.24, 2.45) is 0 Å². The Morgan fingerprint density at radius 1 is 0.441 bits per heavy atom. The Hall–Kier alpha value is -5.81. The average Bonchev–Trinajstić information content (AvgIpc) is 3.81. The molecular formula is C54H61N5. The van der Waals surface area contributed by atoms with Gasteiger partial charge in [-0.1, -0.05) is 126 Å². The second-order valence-electron chi connectivity index (χ2n) is 20.5. The van der Waals surface area contributed by atoms with Gasteiger partial charge in [0.05, 0.1) is 17.7 Å². The summed E-state index contributed by atoms with van der Waals surface area (Å²) < 4.78 is 2.36. The summed E-state index contributed by atoms with van der Waals surface area (Å²) in [5.74, 6) is 0.930. The van der Waals surface area contributed by atoms with E-state index in [0.717, 1.165) is 46.3 Å². The zero-order chi connectivity index (χ0) is 42.1. The minimum absolute atomic E-state index is 0.0104. The van der Waals surface area contributed by atoms with Gasteiger partial charge in [-0.25, -0.2) is 4.98 Å². The van der Waals surface area contributed by atoms with Crippen LogP contribution in [0.5, 0.6) is 0 Å². The third kappa shape index (κ3) is 7.88. The molecular weight excluding hydrogens is 719 g/mol. The third-order valence-corrected chi connectivity index (χ3v) is 11.9. The van der Waals surface area contributed by atoms with Crippen molar-refractivity contribution in [3.63, 3.8) is 0 Å². The van der Waals surface area contributed by atoms with Crippen LogP contribution in [-0.2, 0) is 21.7 Å². The number of hydrogen-bond acceptors (Lipinski definition) is 4. The van der Waals surface area contributed by atoms with E-state index < -0.39 is 0 Å². The number of nitrogens with zero attached hydrogens (tertiary/aromatic N) is 5. The number of pyridine rings is 1. The van der Waals surface area contributed by atoms with E-state index in [4.69, 9.17) is 4.98 Å². The van der Waals surface area contributed by atoms with E-state index in [1.807, 2.05) is 6.20 Å². The molecule has 59 heavy (non-hydrogen) atoms. The summed E-state index contributed by atoms with van der Waals surface area (Å²) in [5.41, 5.74) is 13.3. The number of benzene rings is 5. The fourth-order valence-corrected chi connectivity index (χ4v) is 8.10. The van der Waals surface area contributed by atoms with Gasteiger partial charge in [0.2, 0.25) is 0 Å². The molecule has 2 aromatic heterocycles. The Morgan fingerprint density at radius 2 is 1.03 bits per heavy atom. The van der Waals surface area contributed by atoms with Gasteiger partial charge in [0, 0.05) is 57.8 Å². The minimum atomic E-state index is -0.0104. The highest BCUT2D eigenvalue weighted by Gasteiger charge is 2.26. The average molecular weight is 780 g/mol. The summed E-state index contributed by atoms with van der Waals surface area (Å²) in [4.78, 5) is 12.1. The van der Waals surface area contributed by atoms with Crippen LogP contribution in [-0.4, -0.2) is 16.2 Å². The van der Waals surface area contributed by atoms with Gasteiger partial charge in [0.1, 0.15) is 5.82 Å². The van der Waals surface area contributed by atoms with Crippen LogP contribution >= 0.6 is 0 Å². The lowest BCUT2D eigenvalue weighted by atomic mass is 9.80. The van der Waals surface area contributed by atoms with Crippen LogP contribution in [0.2, 0.25) is 0 Å². The topological polar surface area (TPSA) is 27.5 Å². The molecule has 1 aliphatic rings. The Kier molecular flexibility index (Phi) is 9.81. The largest absolute Gasteiger partial charge is 0.328 e. The van der Waals surface area contributed by atoms with Crippen molar-refractivity contribution in [3.05, 3.63) is 162 Å². The molecule has 5 aromatic carbocycles. The molecule has 5 nitrogen and oxygen atoms in total. The summed E-state index contributed by atoms with van der Waals surface area (Å²) in [6, 6.07) is 45.1. The van der Waals surface area contributed by atoms with Crippen LogP contribution < -0.4 is 14.7 Å².